The summed E-state index contributed by atoms with van der Waals surface area (Å²) in [5, 5.41) is 0. The van der Waals surface area contributed by atoms with Crippen LogP contribution in [-0.2, 0) is 0 Å². The highest BCUT2D eigenvalue weighted by Crippen LogP contribution is 2.23. The molecule has 4 fully saturated rings. The molecule has 0 bridgehead atoms. The summed E-state index contributed by atoms with van der Waals surface area (Å²) in [5.41, 5.74) is 1.30. The smallest absolute Gasteiger partial charge is 0.255 e. The Morgan fingerprint density at radius 3 is 1.38 bits per heavy atom. The van der Waals surface area contributed by atoms with Crippen LogP contribution in [-0.4, -0.2) is 146 Å². The van der Waals surface area contributed by atoms with Gasteiger partial charge in [-0.25, -0.2) is 0 Å². The quantitative estimate of drug-likeness (QED) is 0.456. The molecule has 2 amide bonds. The number of carbonyl (C=O) groups is 2. The molecule has 0 N–H and O–H groups in total. The van der Waals surface area contributed by atoms with Gasteiger partial charge in [0.15, 0.2) is 0 Å². The average molecular weight is 604 g/mol. The molecular formula is C30H47BrN6O2. The van der Waals surface area contributed by atoms with Crippen molar-refractivity contribution in [1.29, 1.82) is 0 Å². The third-order valence-corrected chi connectivity index (χ3v) is 9.78. The molecule has 4 aliphatic heterocycles. The van der Waals surface area contributed by atoms with E-state index in [2.05, 4.69) is 35.5 Å². The molecule has 4 aliphatic rings. The number of amides is 2. The molecular weight excluding hydrogens is 556 g/mol. The Balaban J connectivity index is 1.05. The van der Waals surface area contributed by atoms with E-state index in [0.717, 1.165) is 78.5 Å². The van der Waals surface area contributed by atoms with E-state index in [-0.39, 0.29) is 11.8 Å². The van der Waals surface area contributed by atoms with Gasteiger partial charge >= 0.3 is 0 Å². The summed E-state index contributed by atoms with van der Waals surface area (Å²) >= 11 is 3.61. The fourth-order valence-corrected chi connectivity index (χ4v) is 7.00. The van der Waals surface area contributed by atoms with Gasteiger partial charge in [-0.3, -0.25) is 19.4 Å². The van der Waals surface area contributed by atoms with Crippen molar-refractivity contribution >= 4 is 27.7 Å². The molecule has 0 radical (unpaired) electrons. The Hall–Kier alpha value is -1.52. The van der Waals surface area contributed by atoms with Crippen LogP contribution in [0.2, 0.25) is 0 Å². The lowest BCUT2D eigenvalue weighted by Crippen LogP contribution is -2.50. The number of carbonyl (C=O) groups excluding carboxylic acids is 2. The van der Waals surface area contributed by atoms with Crippen molar-refractivity contribution in [1.82, 2.24) is 29.4 Å². The van der Waals surface area contributed by atoms with E-state index in [1.54, 1.807) is 0 Å². The van der Waals surface area contributed by atoms with Gasteiger partial charge in [0.25, 0.3) is 11.8 Å². The zero-order valence-corrected chi connectivity index (χ0v) is 25.3. The first-order valence-corrected chi connectivity index (χ1v) is 16.1. The molecule has 0 spiro atoms. The van der Waals surface area contributed by atoms with Crippen LogP contribution in [0.5, 0.6) is 0 Å². The minimum Gasteiger partial charge on any atom is -0.336 e. The van der Waals surface area contributed by atoms with Crippen LogP contribution in [0.4, 0.5) is 0 Å². The average Bonchev–Trinajstić information content (AvgIpc) is 3.00. The van der Waals surface area contributed by atoms with Gasteiger partial charge in [0.2, 0.25) is 0 Å². The molecule has 1 aromatic carbocycles. The van der Waals surface area contributed by atoms with Crippen LogP contribution in [0, 0.1) is 0 Å². The van der Waals surface area contributed by atoms with Crippen LogP contribution in [0.3, 0.4) is 0 Å². The number of hydrogen-bond donors (Lipinski definition) is 0. The third-order valence-electron chi connectivity index (χ3n) is 9.13. The summed E-state index contributed by atoms with van der Waals surface area (Å²) < 4.78 is 0.714. The molecule has 0 saturated carbocycles. The molecule has 5 rings (SSSR count). The van der Waals surface area contributed by atoms with Gasteiger partial charge < -0.3 is 19.6 Å². The van der Waals surface area contributed by atoms with Crippen molar-refractivity contribution < 1.29 is 9.59 Å². The molecule has 0 atom stereocenters. The maximum atomic E-state index is 13.3. The Bertz CT molecular complexity index is 949. The van der Waals surface area contributed by atoms with Gasteiger partial charge in [0.1, 0.15) is 0 Å². The van der Waals surface area contributed by atoms with Crippen LogP contribution >= 0.6 is 15.9 Å². The second-order valence-corrected chi connectivity index (χ2v) is 12.6. The minimum atomic E-state index is 0.0545. The highest BCUT2D eigenvalue weighted by atomic mass is 79.9. The number of rotatable bonds is 8. The summed E-state index contributed by atoms with van der Waals surface area (Å²) in [6.45, 7) is 16.2. The van der Waals surface area contributed by atoms with Crippen LogP contribution in [0.15, 0.2) is 22.7 Å². The lowest BCUT2D eigenvalue weighted by atomic mass is 10.1. The lowest BCUT2D eigenvalue weighted by Gasteiger charge is -2.37. The maximum absolute atomic E-state index is 13.3. The fraction of sp³-hybridized carbons (Fsp3) is 0.733. The number of halogens is 1. The first kappa shape index (κ1) is 29.0. The number of likely N-dealkylation sites (tertiary alicyclic amines) is 2. The molecule has 216 valence electrons. The van der Waals surface area contributed by atoms with Crippen molar-refractivity contribution in [2.45, 2.75) is 38.5 Å². The monoisotopic (exact) mass is 602 g/mol. The first-order chi connectivity index (χ1) is 19.1. The van der Waals surface area contributed by atoms with E-state index in [1.165, 1.54) is 64.7 Å². The van der Waals surface area contributed by atoms with Crippen molar-refractivity contribution in [2.24, 2.45) is 0 Å². The lowest BCUT2D eigenvalue weighted by molar-refractivity contribution is 0.0608. The van der Waals surface area contributed by atoms with Crippen molar-refractivity contribution in [2.75, 3.05) is 105 Å². The molecule has 0 aromatic heterocycles. The molecule has 39 heavy (non-hydrogen) atoms. The Morgan fingerprint density at radius 1 is 0.538 bits per heavy atom. The number of benzene rings is 1. The standard InChI is InChI=1S/C30H47BrN6O2/c31-28-25-26(29(38)36-21-17-34(18-22-36)15-13-32-9-3-1-4-10-32)7-8-27(28)30(39)37-23-19-35(20-24-37)16-14-33-11-5-2-6-12-33/h7-8,25H,1-6,9-24H2. The molecule has 1 aromatic rings. The van der Waals surface area contributed by atoms with Crippen LogP contribution < -0.4 is 0 Å². The highest BCUT2D eigenvalue weighted by Gasteiger charge is 2.26. The first-order valence-electron chi connectivity index (χ1n) is 15.3. The van der Waals surface area contributed by atoms with E-state index < -0.39 is 0 Å². The summed E-state index contributed by atoms with van der Waals surface area (Å²) in [7, 11) is 0. The van der Waals surface area contributed by atoms with Gasteiger partial charge in [0, 0.05) is 88.6 Å². The molecule has 9 heteroatoms. The van der Waals surface area contributed by atoms with E-state index in [4.69, 9.17) is 0 Å². The molecule has 0 aliphatic carbocycles. The van der Waals surface area contributed by atoms with E-state index in [0.29, 0.717) is 15.6 Å². The van der Waals surface area contributed by atoms with Crippen LogP contribution in [0.1, 0.15) is 59.2 Å². The molecule has 4 saturated heterocycles. The topological polar surface area (TPSA) is 53.6 Å². The molecule has 0 unspecified atom stereocenters. The number of hydrogen-bond acceptors (Lipinski definition) is 6. The van der Waals surface area contributed by atoms with Crippen molar-refractivity contribution in [3.63, 3.8) is 0 Å². The third kappa shape index (κ3) is 8.03. The second kappa shape index (κ2) is 14.4. The van der Waals surface area contributed by atoms with Gasteiger partial charge in [-0.05, 0) is 86.0 Å². The summed E-state index contributed by atoms with van der Waals surface area (Å²) in [6.07, 6.45) is 8.07. The Morgan fingerprint density at radius 2 is 0.949 bits per heavy atom. The zero-order chi connectivity index (χ0) is 27.0. The maximum Gasteiger partial charge on any atom is 0.255 e. The Kier molecular flexibility index (Phi) is 10.7. The van der Waals surface area contributed by atoms with E-state index in [1.807, 2.05) is 28.0 Å². The van der Waals surface area contributed by atoms with Crippen molar-refractivity contribution in [3.05, 3.63) is 33.8 Å². The predicted molar refractivity (Wildman–Crippen MR) is 159 cm³/mol. The Labute approximate surface area is 243 Å². The zero-order valence-electron chi connectivity index (χ0n) is 23.7. The SMILES string of the molecule is O=C(c1ccc(C(=O)N2CCN(CCN3CCCCC3)CC2)c(Br)c1)N1CCN(CCN2CCCCC2)CC1. The van der Waals surface area contributed by atoms with Gasteiger partial charge in [-0.2, -0.15) is 0 Å². The van der Waals surface area contributed by atoms with Gasteiger partial charge in [-0.15, -0.1) is 0 Å². The molecule has 8 nitrogen and oxygen atoms in total. The number of piperidine rings is 2. The number of piperazine rings is 2. The van der Waals surface area contributed by atoms with E-state index in [9.17, 15) is 9.59 Å². The van der Waals surface area contributed by atoms with E-state index >= 15 is 0 Å². The fourth-order valence-electron chi connectivity index (χ4n) is 6.46. The van der Waals surface area contributed by atoms with Gasteiger partial charge in [-0.1, -0.05) is 12.8 Å². The second-order valence-electron chi connectivity index (χ2n) is 11.8. The van der Waals surface area contributed by atoms with Gasteiger partial charge in [0.05, 0.1) is 5.56 Å². The largest absolute Gasteiger partial charge is 0.336 e. The summed E-state index contributed by atoms with van der Waals surface area (Å²) in [5.74, 6) is 0.117. The summed E-state index contributed by atoms with van der Waals surface area (Å²) in [4.78, 5) is 40.6. The highest BCUT2D eigenvalue weighted by molar-refractivity contribution is 9.10. The normalized spacial score (nSPS) is 22.8. The summed E-state index contributed by atoms with van der Waals surface area (Å²) in [6, 6.07) is 5.50. The van der Waals surface area contributed by atoms with Crippen molar-refractivity contribution in [3.8, 4) is 0 Å². The van der Waals surface area contributed by atoms with Crippen LogP contribution in [0.25, 0.3) is 0 Å². The predicted octanol–water partition coefficient (Wildman–Crippen LogP) is 2.94. The number of nitrogens with zero attached hydrogens (tertiary/aromatic N) is 6. The minimum absolute atomic E-state index is 0.0545. The molecule has 4 heterocycles.